The molecule has 2 aromatic rings. The van der Waals surface area contributed by atoms with Gasteiger partial charge in [0.15, 0.2) is 6.67 Å². The lowest BCUT2D eigenvalue weighted by molar-refractivity contribution is -0.0735. The van der Waals surface area contributed by atoms with Gasteiger partial charge in [0.1, 0.15) is 5.82 Å². The van der Waals surface area contributed by atoms with Gasteiger partial charge in [-0.2, -0.15) is 18.9 Å². The molecule has 2 fully saturated rings. The monoisotopic (exact) mass is 425 g/mol. The van der Waals surface area contributed by atoms with Gasteiger partial charge in [0, 0.05) is 26.3 Å². The molecule has 4 rings (SSSR count). The Balaban J connectivity index is 1.45. The van der Waals surface area contributed by atoms with Crippen molar-refractivity contribution in [1.29, 1.82) is 0 Å². The van der Waals surface area contributed by atoms with Gasteiger partial charge in [-0.15, -0.1) is 0 Å². The first kappa shape index (κ1) is 20.9. The normalized spacial score (nSPS) is 19.0. The van der Waals surface area contributed by atoms with E-state index in [0.29, 0.717) is 17.8 Å². The molecule has 0 aliphatic carbocycles. The summed E-state index contributed by atoms with van der Waals surface area (Å²) in [6.07, 6.45) is 4.64. The lowest BCUT2D eigenvalue weighted by atomic mass is 10.0. The molecule has 0 aromatic carbocycles. The van der Waals surface area contributed by atoms with Gasteiger partial charge in [-0.1, -0.05) is 0 Å². The summed E-state index contributed by atoms with van der Waals surface area (Å²) in [6.45, 7) is 3.82. The molecule has 30 heavy (non-hydrogen) atoms. The van der Waals surface area contributed by atoms with Gasteiger partial charge >= 0.3 is 5.92 Å². The number of aromatic nitrogens is 4. The summed E-state index contributed by atoms with van der Waals surface area (Å²) in [4.78, 5) is 10.5. The summed E-state index contributed by atoms with van der Waals surface area (Å²) in [7, 11) is 1.45. The molecule has 0 radical (unpaired) electrons. The Morgan fingerprint density at radius 3 is 2.53 bits per heavy atom. The number of nitrogens with zero attached hydrogens (tertiary/aromatic N) is 5. The van der Waals surface area contributed by atoms with E-state index in [-0.39, 0.29) is 11.8 Å². The minimum Gasteiger partial charge on any atom is -0.378 e. The fourth-order valence-electron chi connectivity index (χ4n) is 3.94. The van der Waals surface area contributed by atoms with Crippen LogP contribution in [0.25, 0.3) is 0 Å². The number of ether oxygens (including phenoxy) is 1. The van der Waals surface area contributed by atoms with Gasteiger partial charge in [-0.3, -0.25) is 9.58 Å². The minimum atomic E-state index is -3.64. The Kier molecular flexibility index (Phi) is 5.83. The van der Waals surface area contributed by atoms with Crippen LogP contribution in [0.4, 0.5) is 30.6 Å². The first-order valence-electron chi connectivity index (χ1n) is 10.0. The SMILES string of the molecule is CNc1nc(Nc2cnn(C3CCN(C4COC4)CC3)c2C)ncc1C(F)(F)CF. The zero-order valence-corrected chi connectivity index (χ0v) is 17.0. The number of halogens is 3. The molecule has 0 bridgehead atoms. The Morgan fingerprint density at radius 2 is 1.93 bits per heavy atom. The standard InChI is InChI=1S/C19H26F3N7O/c1-12-16(26-18-24-7-15(17(23-2)27-18)19(21,22)11-20)8-25-29(12)13-3-5-28(6-4-13)14-9-30-10-14/h7-8,13-14H,3-6,9-11H2,1-2H3,(H2,23,24,26,27). The molecule has 2 saturated heterocycles. The van der Waals surface area contributed by atoms with Crippen molar-refractivity contribution in [3.63, 3.8) is 0 Å². The molecule has 0 saturated carbocycles. The van der Waals surface area contributed by atoms with E-state index >= 15 is 0 Å². The maximum Gasteiger partial charge on any atom is 0.306 e. The third-order valence-corrected chi connectivity index (χ3v) is 5.86. The van der Waals surface area contributed by atoms with Crippen LogP contribution < -0.4 is 10.6 Å². The van der Waals surface area contributed by atoms with Gasteiger partial charge in [-0.25, -0.2) is 9.37 Å². The molecular formula is C19H26F3N7O. The highest BCUT2D eigenvalue weighted by atomic mass is 19.3. The highest BCUT2D eigenvalue weighted by Gasteiger charge is 2.36. The summed E-state index contributed by atoms with van der Waals surface area (Å²) in [5, 5.41) is 10.1. The molecule has 2 N–H and O–H groups in total. The van der Waals surface area contributed by atoms with Crippen molar-refractivity contribution in [2.24, 2.45) is 0 Å². The number of piperidine rings is 1. The van der Waals surface area contributed by atoms with Gasteiger partial charge in [-0.05, 0) is 19.8 Å². The number of likely N-dealkylation sites (tertiary alicyclic amines) is 1. The molecule has 0 atom stereocenters. The fraction of sp³-hybridized carbons (Fsp3) is 0.632. The summed E-state index contributed by atoms with van der Waals surface area (Å²) < 4.78 is 47.4. The number of rotatable bonds is 7. The van der Waals surface area contributed by atoms with Gasteiger partial charge in [0.25, 0.3) is 0 Å². The van der Waals surface area contributed by atoms with E-state index in [9.17, 15) is 13.2 Å². The zero-order chi connectivity index (χ0) is 21.3. The fourth-order valence-corrected chi connectivity index (χ4v) is 3.94. The molecule has 4 heterocycles. The van der Waals surface area contributed by atoms with E-state index < -0.39 is 18.2 Å². The zero-order valence-electron chi connectivity index (χ0n) is 17.0. The third-order valence-electron chi connectivity index (χ3n) is 5.86. The van der Waals surface area contributed by atoms with Crippen LogP contribution in [0.15, 0.2) is 12.4 Å². The smallest absolute Gasteiger partial charge is 0.306 e. The number of hydrogen-bond donors (Lipinski definition) is 2. The summed E-state index contributed by atoms with van der Waals surface area (Å²) in [5.41, 5.74) is 1.05. The largest absolute Gasteiger partial charge is 0.378 e. The topological polar surface area (TPSA) is 80.1 Å². The maximum absolute atomic E-state index is 13.7. The molecule has 2 aliphatic heterocycles. The van der Waals surface area contributed by atoms with Gasteiger partial charge in [0.05, 0.1) is 48.4 Å². The highest BCUT2D eigenvalue weighted by molar-refractivity contribution is 5.58. The van der Waals surface area contributed by atoms with E-state index in [1.807, 2.05) is 11.6 Å². The first-order chi connectivity index (χ1) is 14.4. The van der Waals surface area contributed by atoms with Crippen LogP contribution in [-0.2, 0) is 10.7 Å². The maximum atomic E-state index is 13.7. The second-order valence-corrected chi connectivity index (χ2v) is 7.72. The molecule has 2 aliphatic rings. The minimum absolute atomic E-state index is 0.118. The van der Waals surface area contributed by atoms with Crippen LogP contribution in [0, 0.1) is 6.92 Å². The predicted molar refractivity (Wildman–Crippen MR) is 106 cm³/mol. The number of nitrogens with one attached hydrogen (secondary N) is 2. The van der Waals surface area contributed by atoms with Crippen LogP contribution in [0.2, 0.25) is 0 Å². The van der Waals surface area contributed by atoms with Crippen LogP contribution in [0.3, 0.4) is 0 Å². The second-order valence-electron chi connectivity index (χ2n) is 7.72. The van der Waals surface area contributed by atoms with Gasteiger partial charge < -0.3 is 15.4 Å². The van der Waals surface area contributed by atoms with Crippen molar-refractivity contribution in [3.05, 3.63) is 23.7 Å². The molecule has 0 unspecified atom stereocenters. The van der Waals surface area contributed by atoms with Crippen molar-refractivity contribution in [2.45, 2.75) is 37.8 Å². The Labute approximate surface area is 172 Å². The van der Waals surface area contributed by atoms with Crippen molar-refractivity contribution in [1.82, 2.24) is 24.6 Å². The van der Waals surface area contributed by atoms with Crippen LogP contribution >= 0.6 is 0 Å². The average molecular weight is 425 g/mol. The number of anilines is 3. The highest BCUT2D eigenvalue weighted by Crippen LogP contribution is 2.34. The van der Waals surface area contributed by atoms with Crippen molar-refractivity contribution >= 4 is 17.5 Å². The summed E-state index contributed by atoms with van der Waals surface area (Å²) in [5.74, 6) is -3.62. The van der Waals surface area contributed by atoms with Crippen molar-refractivity contribution < 1.29 is 17.9 Å². The van der Waals surface area contributed by atoms with Crippen LogP contribution in [0.1, 0.15) is 30.1 Å². The van der Waals surface area contributed by atoms with Crippen molar-refractivity contribution in [3.8, 4) is 0 Å². The van der Waals surface area contributed by atoms with E-state index in [0.717, 1.165) is 51.0 Å². The van der Waals surface area contributed by atoms with Gasteiger partial charge in [0.2, 0.25) is 5.95 Å². The molecule has 0 amide bonds. The Hall–Kier alpha value is -2.40. The number of alkyl halides is 3. The predicted octanol–water partition coefficient (Wildman–Crippen LogP) is 2.86. The molecule has 8 nitrogen and oxygen atoms in total. The second kappa shape index (κ2) is 8.38. The molecule has 0 spiro atoms. The summed E-state index contributed by atoms with van der Waals surface area (Å²) in [6, 6.07) is 0.852. The first-order valence-corrected chi connectivity index (χ1v) is 10.0. The van der Waals surface area contributed by atoms with Crippen molar-refractivity contribution in [2.75, 3.05) is 50.7 Å². The molecule has 2 aromatic heterocycles. The molecule has 11 heteroatoms. The summed E-state index contributed by atoms with van der Waals surface area (Å²) >= 11 is 0. The molecular weight excluding hydrogens is 399 g/mol. The van der Waals surface area contributed by atoms with E-state index in [2.05, 4.69) is 30.6 Å². The Morgan fingerprint density at radius 1 is 1.20 bits per heavy atom. The number of hydrogen-bond acceptors (Lipinski definition) is 7. The van der Waals surface area contributed by atoms with E-state index in [4.69, 9.17) is 4.74 Å². The van der Waals surface area contributed by atoms with E-state index in [1.54, 1.807) is 6.20 Å². The molecule has 164 valence electrons. The van der Waals surface area contributed by atoms with E-state index in [1.165, 1.54) is 7.05 Å². The lowest BCUT2D eigenvalue weighted by Crippen LogP contribution is -2.52. The van der Waals surface area contributed by atoms with Crippen LogP contribution in [0.5, 0.6) is 0 Å². The third kappa shape index (κ3) is 3.95. The quantitative estimate of drug-likeness (QED) is 0.706. The van der Waals surface area contributed by atoms with Crippen LogP contribution in [-0.4, -0.2) is 70.7 Å². The Bertz CT molecular complexity index is 879. The lowest BCUT2D eigenvalue weighted by Gasteiger charge is -2.41. The average Bonchev–Trinajstić information content (AvgIpc) is 3.07.